The maximum absolute atomic E-state index is 12.3. The molecule has 4 rings (SSSR count). The predicted octanol–water partition coefficient (Wildman–Crippen LogP) is 3.65. The van der Waals surface area contributed by atoms with Crippen LogP contribution < -0.4 is 16.1 Å². The Balaban J connectivity index is 1.62. The fraction of sp³-hybridized carbons (Fsp3) is 0.217. The van der Waals surface area contributed by atoms with Gasteiger partial charge in [-0.25, -0.2) is 4.79 Å². The van der Waals surface area contributed by atoms with Crippen LogP contribution in [-0.4, -0.2) is 39.4 Å². The third-order valence-electron chi connectivity index (χ3n) is 5.03. The molecule has 30 heavy (non-hydrogen) atoms. The van der Waals surface area contributed by atoms with Gasteiger partial charge in [0.25, 0.3) is 0 Å². The van der Waals surface area contributed by atoms with E-state index in [0.29, 0.717) is 24.5 Å². The van der Waals surface area contributed by atoms with E-state index >= 15 is 0 Å². The van der Waals surface area contributed by atoms with Gasteiger partial charge in [0.1, 0.15) is 0 Å². The highest BCUT2D eigenvalue weighted by atomic mass is 32.1. The van der Waals surface area contributed by atoms with Crippen molar-refractivity contribution in [1.82, 2.24) is 0 Å². The quantitative estimate of drug-likeness (QED) is 0.511. The number of nitrogens with zero attached hydrogens (tertiary/aromatic N) is 1. The van der Waals surface area contributed by atoms with Crippen LogP contribution in [-0.2, 0) is 9.47 Å². The molecule has 1 aliphatic heterocycles. The van der Waals surface area contributed by atoms with Gasteiger partial charge in [-0.3, -0.25) is 4.79 Å². The van der Waals surface area contributed by atoms with Crippen LogP contribution in [0.2, 0.25) is 0 Å². The molecule has 0 unspecified atom stereocenters. The Hall–Kier alpha value is -3.16. The summed E-state index contributed by atoms with van der Waals surface area (Å²) >= 11 is 1.60. The first kappa shape index (κ1) is 20.1. The number of hydrogen-bond donors (Lipinski definition) is 1. The van der Waals surface area contributed by atoms with E-state index in [2.05, 4.69) is 4.90 Å². The van der Waals surface area contributed by atoms with Gasteiger partial charge in [0.15, 0.2) is 5.43 Å². The lowest BCUT2D eigenvalue weighted by atomic mass is 10.00. The highest BCUT2D eigenvalue weighted by Gasteiger charge is 2.14. The number of carbonyl (C=O) groups is 1. The van der Waals surface area contributed by atoms with Crippen molar-refractivity contribution < 1.29 is 14.3 Å². The molecule has 6 nitrogen and oxygen atoms in total. The number of nitrogen functional groups attached to an aromatic ring is 1. The Kier molecular flexibility index (Phi) is 5.83. The average Bonchev–Trinajstić information content (AvgIpc) is 2.79. The van der Waals surface area contributed by atoms with E-state index in [1.807, 2.05) is 30.3 Å². The van der Waals surface area contributed by atoms with Crippen molar-refractivity contribution in [2.75, 3.05) is 44.0 Å². The van der Waals surface area contributed by atoms with Crippen molar-refractivity contribution in [2.24, 2.45) is 0 Å². The second-order valence-electron chi connectivity index (χ2n) is 6.97. The number of carbonyl (C=O) groups excluding carboxylic acids is 1. The Morgan fingerprint density at radius 1 is 1.03 bits per heavy atom. The van der Waals surface area contributed by atoms with Crippen LogP contribution in [0.15, 0.2) is 59.4 Å². The average molecular weight is 423 g/mol. The number of esters is 1. The van der Waals surface area contributed by atoms with Gasteiger partial charge in [0.05, 0.1) is 30.9 Å². The molecule has 0 saturated carbocycles. The molecule has 1 aliphatic rings. The summed E-state index contributed by atoms with van der Waals surface area (Å²) in [5, 5.41) is 0.965. The monoisotopic (exact) mass is 422 g/mol. The van der Waals surface area contributed by atoms with Gasteiger partial charge in [0.2, 0.25) is 0 Å². The van der Waals surface area contributed by atoms with Gasteiger partial charge in [0, 0.05) is 41.4 Å². The molecule has 2 N–H and O–H groups in total. The molecule has 0 aliphatic carbocycles. The van der Waals surface area contributed by atoms with E-state index in [1.165, 1.54) is 7.11 Å². The van der Waals surface area contributed by atoms with Crippen LogP contribution in [0.1, 0.15) is 10.4 Å². The second kappa shape index (κ2) is 8.69. The number of rotatable bonds is 4. The Labute approximate surface area is 178 Å². The zero-order valence-corrected chi connectivity index (χ0v) is 17.4. The number of anilines is 2. The SMILES string of the molecule is COC(=O)c1ccc(-c2ccc(-c3cc(=O)cc(N4CCOCC4)s3)cc2)c(N)c1. The highest BCUT2D eigenvalue weighted by molar-refractivity contribution is 7.19. The third-order valence-corrected chi connectivity index (χ3v) is 6.19. The first-order valence-electron chi connectivity index (χ1n) is 9.62. The summed E-state index contributed by atoms with van der Waals surface area (Å²) < 4.78 is 10.1. The first-order chi connectivity index (χ1) is 14.5. The van der Waals surface area contributed by atoms with Crippen molar-refractivity contribution >= 4 is 28.0 Å². The molecule has 7 heteroatoms. The van der Waals surface area contributed by atoms with Gasteiger partial charge < -0.3 is 20.1 Å². The third kappa shape index (κ3) is 4.22. The molecule has 2 heterocycles. The fourth-order valence-electron chi connectivity index (χ4n) is 3.43. The van der Waals surface area contributed by atoms with Crippen LogP contribution in [0.3, 0.4) is 0 Å². The fourth-order valence-corrected chi connectivity index (χ4v) is 4.57. The minimum absolute atomic E-state index is 0.00281. The van der Waals surface area contributed by atoms with Crippen LogP contribution in [0.5, 0.6) is 0 Å². The van der Waals surface area contributed by atoms with Gasteiger partial charge in [-0.1, -0.05) is 30.3 Å². The lowest BCUT2D eigenvalue weighted by molar-refractivity contribution is 0.0601. The molecule has 154 valence electrons. The molecular formula is C23H22N2O4S. The van der Waals surface area contributed by atoms with Crippen molar-refractivity contribution in [1.29, 1.82) is 0 Å². The van der Waals surface area contributed by atoms with E-state index in [-0.39, 0.29) is 5.43 Å². The summed E-state index contributed by atoms with van der Waals surface area (Å²) in [7, 11) is 1.34. The Bertz CT molecular complexity index is 1120. The number of hydrogen-bond acceptors (Lipinski definition) is 7. The summed E-state index contributed by atoms with van der Waals surface area (Å²) in [5.74, 6) is -0.418. The summed E-state index contributed by atoms with van der Waals surface area (Å²) in [4.78, 5) is 27.1. The number of morpholine rings is 1. The molecule has 1 fully saturated rings. The van der Waals surface area contributed by atoms with Crippen LogP contribution in [0, 0.1) is 0 Å². The summed E-state index contributed by atoms with van der Waals surface area (Å²) in [6.07, 6.45) is 0. The Morgan fingerprint density at radius 2 is 1.73 bits per heavy atom. The Morgan fingerprint density at radius 3 is 2.40 bits per heavy atom. The van der Waals surface area contributed by atoms with E-state index in [0.717, 1.165) is 39.7 Å². The molecule has 0 bridgehead atoms. The molecule has 0 spiro atoms. The van der Waals surface area contributed by atoms with E-state index < -0.39 is 5.97 Å². The minimum Gasteiger partial charge on any atom is -0.465 e. The van der Waals surface area contributed by atoms with Crippen molar-refractivity contribution in [2.45, 2.75) is 0 Å². The molecule has 2 aromatic carbocycles. The van der Waals surface area contributed by atoms with Crippen molar-refractivity contribution in [3.63, 3.8) is 0 Å². The first-order valence-corrected chi connectivity index (χ1v) is 10.4. The van der Waals surface area contributed by atoms with Crippen LogP contribution in [0.4, 0.5) is 10.7 Å². The largest absolute Gasteiger partial charge is 0.465 e. The van der Waals surface area contributed by atoms with Gasteiger partial charge >= 0.3 is 5.97 Å². The molecule has 0 atom stereocenters. The molecule has 3 aromatic rings. The van der Waals surface area contributed by atoms with Gasteiger partial charge in [-0.15, -0.1) is 11.3 Å². The smallest absolute Gasteiger partial charge is 0.337 e. The van der Waals surface area contributed by atoms with Gasteiger partial charge in [-0.2, -0.15) is 0 Å². The molecule has 0 amide bonds. The highest BCUT2D eigenvalue weighted by Crippen LogP contribution is 2.33. The van der Waals surface area contributed by atoms with Crippen molar-refractivity contribution in [3.05, 3.63) is 70.4 Å². The topological polar surface area (TPSA) is 81.9 Å². The molecule has 1 saturated heterocycles. The standard InChI is InChI=1S/C23H22N2O4S/c1-28-23(27)17-6-7-19(20(24)12-17)15-2-4-16(5-3-15)21-13-18(26)14-22(30-21)25-8-10-29-11-9-25/h2-7,12-14H,8-11,24H2,1H3. The maximum Gasteiger partial charge on any atom is 0.337 e. The number of benzene rings is 2. The van der Waals surface area contributed by atoms with E-state index in [1.54, 1.807) is 35.6 Å². The lowest BCUT2D eigenvalue weighted by Crippen LogP contribution is -2.36. The lowest BCUT2D eigenvalue weighted by Gasteiger charge is -2.28. The minimum atomic E-state index is -0.418. The maximum atomic E-state index is 12.3. The normalized spacial score (nSPS) is 13.8. The second-order valence-corrected chi connectivity index (χ2v) is 8.03. The summed E-state index contributed by atoms with van der Waals surface area (Å²) in [6.45, 7) is 2.93. The van der Waals surface area contributed by atoms with E-state index in [9.17, 15) is 9.59 Å². The molecule has 0 radical (unpaired) electrons. The predicted molar refractivity (Wildman–Crippen MR) is 120 cm³/mol. The summed E-state index contributed by atoms with van der Waals surface area (Å²) in [6, 6.07) is 16.4. The van der Waals surface area contributed by atoms with Gasteiger partial charge in [-0.05, 0) is 23.3 Å². The van der Waals surface area contributed by atoms with Crippen LogP contribution in [0.25, 0.3) is 21.6 Å². The number of methoxy groups -OCH3 is 1. The van der Waals surface area contributed by atoms with E-state index in [4.69, 9.17) is 15.2 Å². The zero-order valence-electron chi connectivity index (χ0n) is 16.6. The number of ether oxygens (including phenoxy) is 2. The number of nitrogens with two attached hydrogens (primary N) is 1. The van der Waals surface area contributed by atoms with Crippen molar-refractivity contribution in [3.8, 4) is 21.6 Å². The zero-order chi connectivity index (χ0) is 21.1. The molecule has 1 aromatic heterocycles. The molecular weight excluding hydrogens is 400 g/mol. The van der Waals surface area contributed by atoms with Crippen LogP contribution >= 0.6 is 11.3 Å². The summed E-state index contributed by atoms with van der Waals surface area (Å²) in [5.41, 5.74) is 9.82.